The van der Waals surface area contributed by atoms with Crippen molar-refractivity contribution in [1.82, 2.24) is 9.55 Å². The highest BCUT2D eigenvalue weighted by molar-refractivity contribution is 5.97. The van der Waals surface area contributed by atoms with Gasteiger partial charge in [0, 0.05) is 11.8 Å². The molecule has 5 nitrogen and oxygen atoms in total. The molecule has 0 spiro atoms. The number of ketones is 1. The van der Waals surface area contributed by atoms with Gasteiger partial charge in [-0.2, -0.15) is 0 Å². The number of oxazole rings is 1. The van der Waals surface area contributed by atoms with Crippen LogP contribution in [0.4, 0.5) is 0 Å². The summed E-state index contributed by atoms with van der Waals surface area (Å²) in [5.41, 5.74) is 2.26. The van der Waals surface area contributed by atoms with Gasteiger partial charge in [-0.25, -0.2) is 9.78 Å². The second-order valence-electron chi connectivity index (χ2n) is 4.52. The Kier molecular flexibility index (Phi) is 2.95. The lowest BCUT2D eigenvalue weighted by atomic mass is 10.1. The smallest absolute Gasteiger partial charge is 0.406 e. The Labute approximate surface area is 114 Å². The molecule has 3 rings (SSSR count). The Morgan fingerprint density at radius 1 is 1.25 bits per heavy atom. The molecule has 0 saturated heterocycles. The lowest BCUT2D eigenvalue weighted by Gasteiger charge is -2.04. The summed E-state index contributed by atoms with van der Waals surface area (Å²) in [6.07, 6.45) is 1.56. The van der Waals surface area contributed by atoms with Crippen LogP contribution < -0.4 is 5.76 Å². The molecule has 0 aliphatic heterocycles. The van der Waals surface area contributed by atoms with E-state index in [4.69, 9.17) is 4.42 Å². The normalized spacial score (nSPS) is 10.8. The average Bonchev–Trinajstić information content (AvgIpc) is 2.76. The standard InChI is InChI=1S/C15H12N2O3/c1-10-5-2-3-6-11(10)12(18)9-17-14-13(20-15(17)19)7-4-8-16-14/h2-8H,9H2,1H3. The lowest BCUT2D eigenvalue weighted by Crippen LogP contribution is -2.21. The molecule has 0 amide bonds. The Hall–Kier alpha value is -2.69. The molecule has 2 aromatic heterocycles. The van der Waals surface area contributed by atoms with Gasteiger partial charge in [0.2, 0.25) is 0 Å². The van der Waals surface area contributed by atoms with Crippen LogP contribution in [0.5, 0.6) is 0 Å². The summed E-state index contributed by atoms with van der Waals surface area (Å²) < 4.78 is 6.31. The average molecular weight is 268 g/mol. The summed E-state index contributed by atoms with van der Waals surface area (Å²) in [5, 5.41) is 0. The minimum atomic E-state index is -0.569. The van der Waals surface area contributed by atoms with E-state index in [0.29, 0.717) is 16.8 Å². The van der Waals surface area contributed by atoms with Gasteiger partial charge in [0.15, 0.2) is 17.0 Å². The van der Waals surface area contributed by atoms with Gasteiger partial charge in [-0.15, -0.1) is 0 Å². The molecule has 1 aromatic carbocycles. The lowest BCUT2D eigenvalue weighted by molar-refractivity contribution is 0.0970. The topological polar surface area (TPSA) is 65.1 Å². The highest BCUT2D eigenvalue weighted by Crippen LogP contribution is 2.12. The number of benzene rings is 1. The van der Waals surface area contributed by atoms with Gasteiger partial charge in [0.1, 0.15) is 0 Å². The summed E-state index contributed by atoms with van der Waals surface area (Å²) in [6, 6.07) is 10.6. The van der Waals surface area contributed by atoms with Crippen molar-refractivity contribution in [3.63, 3.8) is 0 Å². The number of rotatable bonds is 3. The largest absolute Gasteiger partial charge is 0.421 e. The first-order valence-corrected chi connectivity index (χ1v) is 6.20. The molecular weight excluding hydrogens is 256 g/mol. The first kappa shape index (κ1) is 12.3. The van der Waals surface area contributed by atoms with Crippen molar-refractivity contribution in [1.29, 1.82) is 0 Å². The summed E-state index contributed by atoms with van der Waals surface area (Å²) in [6.45, 7) is 1.79. The predicted molar refractivity (Wildman–Crippen MR) is 73.8 cm³/mol. The van der Waals surface area contributed by atoms with Gasteiger partial charge in [-0.05, 0) is 24.6 Å². The molecular formula is C15H12N2O3. The van der Waals surface area contributed by atoms with Crippen LogP contribution in [-0.2, 0) is 6.54 Å². The zero-order valence-corrected chi connectivity index (χ0v) is 10.9. The fourth-order valence-electron chi connectivity index (χ4n) is 2.15. The van der Waals surface area contributed by atoms with Crippen LogP contribution in [0.25, 0.3) is 11.2 Å². The van der Waals surface area contributed by atoms with Crippen molar-refractivity contribution in [2.24, 2.45) is 0 Å². The molecule has 0 radical (unpaired) electrons. The third-order valence-electron chi connectivity index (χ3n) is 3.17. The van der Waals surface area contributed by atoms with Crippen LogP contribution in [0.2, 0.25) is 0 Å². The molecule has 0 N–H and O–H groups in total. The first-order valence-electron chi connectivity index (χ1n) is 6.20. The van der Waals surface area contributed by atoms with E-state index in [1.165, 1.54) is 4.57 Å². The van der Waals surface area contributed by atoms with Crippen molar-refractivity contribution >= 4 is 17.0 Å². The third kappa shape index (κ3) is 2.03. The monoisotopic (exact) mass is 268 g/mol. The number of Topliss-reactive ketones (excluding diaryl/α,β-unsaturated/α-hetero) is 1. The number of carbonyl (C=O) groups excluding carboxylic acids is 1. The van der Waals surface area contributed by atoms with Crippen LogP contribution in [0, 0.1) is 6.92 Å². The second kappa shape index (κ2) is 4.77. The van der Waals surface area contributed by atoms with Crippen LogP contribution in [0.1, 0.15) is 15.9 Å². The highest BCUT2D eigenvalue weighted by Gasteiger charge is 2.15. The molecule has 0 fully saturated rings. The molecule has 5 heteroatoms. The number of aromatic nitrogens is 2. The van der Waals surface area contributed by atoms with E-state index < -0.39 is 5.76 Å². The molecule has 3 aromatic rings. The molecule has 0 aliphatic rings. The fraction of sp³-hybridized carbons (Fsp3) is 0.133. The number of hydrogen-bond acceptors (Lipinski definition) is 4. The second-order valence-corrected chi connectivity index (χ2v) is 4.52. The van der Waals surface area contributed by atoms with Crippen molar-refractivity contribution < 1.29 is 9.21 Å². The Balaban J connectivity index is 2.02. The minimum absolute atomic E-state index is 0.0757. The molecule has 0 bridgehead atoms. The van der Waals surface area contributed by atoms with Crippen LogP contribution in [-0.4, -0.2) is 15.3 Å². The zero-order valence-electron chi connectivity index (χ0n) is 10.9. The summed E-state index contributed by atoms with van der Waals surface area (Å²) in [7, 11) is 0. The van der Waals surface area contributed by atoms with E-state index in [-0.39, 0.29) is 12.3 Å². The maximum absolute atomic E-state index is 12.3. The van der Waals surface area contributed by atoms with E-state index >= 15 is 0 Å². The summed E-state index contributed by atoms with van der Waals surface area (Å²) in [4.78, 5) is 28.2. The molecule has 0 unspecified atom stereocenters. The SMILES string of the molecule is Cc1ccccc1C(=O)Cn1c(=O)oc2cccnc21. The summed E-state index contributed by atoms with van der Waals surface area (Å²) in [5.74, 6) is -0.709. The predicted octanol–water partition coefficient (Wildman–Crippen LogP) is 2.18. The quantitative estimate of drug-likeness (QED) is 0.683. The highest BCUT2D eigenvalue weighted by atomic mass is 16.4. The van der Waals surface area contributed by atoms with Gasteiger partial charge < -0.3 is 4.42 Å². The van der Waals surface area contributed by atoms with Crippen molar-refractivity contribution in [2.45, 2.75) is 13.5 Å². The van der Waals surface area contributed by atoms with E-state index in [9.17, 15) is 9.59 Å². The Morgan fingerprint density at radius 3 is 2.85 bits per heavy atom. The Morgan fingerprint density at radius 2 is 2.05 bits per heavy atom. The fourth-order valence-corrected chi connectivity index (χ4v) is 2.15. The third-order valence-corrected chi connectivity index (χ3v) is 3.17. The Bertz CT molecular complexity index is 845. The van der Waals surface area contributed by atoms with E-state index in [1.807, 2.05) is 19.1 Å². The van der Waals surface area contributed by atoms with Crippen molar-refractivity contribution in [3.8, 4) is 0 Å². The molecule has 20 heavy (non-hydrogen) atoms. The van der Waals surface area contributed by atoms with Crippen LogP contribution in [0.15, 0.2) is 51.8 Å². The minimum Gasteiger partial charge on any atom is -0.406 e. The van der Waals surface area contributed by atoms with Gasteiger partial charge in [0.05, 0.1) is 6.54 Å². The molecule has 0 aliphatic carbocycles. The number of aryl methyl sites for hydroxylation is 1. The molecule has 2 heterocycles. The van der Waals surface area contributed by atoms with Gasteiger partial charge in [0.25, 0.3) is 0 Å². The number of hydrogen-bond donors (Lipinski definition) is 0. The number of fused-ring (bicyclic) bond motifs is 1. The van der Waals surface area contributed by atoms with Crippen LogP contribution in [0.3, 0.4) is 0 Å². The molecule has 100 valence electrons. The zero-order chi connectivity index (χ0) is 14.1. The maximum Gasteiger partial charge on any atom is 0.421 e. The van der Waals surface area contributed by atoms with Crippen molar-refractivity contribution in [2.75, 3.05) is 0 Å². The van der Waals surface area contributed by atoms with Gasteiger partial charge in [-0.1, -0.05) is 24.3 Å². The van der Waals surface area contributed by atoms with Gasteiger partial charge >= 0.3 is 5.76 Å². The molecule has 0 saturated carbocycles. The maximum atomic E-state index is 12.3. The number of carbonyl (C=O) groups is 1. The van der Waals surface area contributed by atoms with E-state index in [2.05, 4.69) is 4.98 Å². The number of nitrogens with zero attached hydrogens (tertiary/aromatic N) is 2. The van der Waals surface area contributed by atoms with Crippen molar-refractivity contribution in [3.05, 3.63) is 64.3 Å². The number of pyridine rings is 1. The van der Waals surface area contributed by atoms with Gasteiger partial charge in [-0.3, -0.25) is 9.36 Å². The van der Waals surface area contributed by atoms with E-state index in [1.54, 1.807) is 30.5 Å². The first-order chi connectivity index (χ1) is 9.66. The van der Waals surface area contributed by atoms with E-state index in [0.717, 1.165) is 5.56 Å². The van der Waals surface area contributed by atoms with Crippen LogP contribution >= 0.6 is 0 Å². The summed E-state index contributed by atoms with van der Waals surface area (Å²) >= 11 is 0. The molecule has 0 atom stereocenters.